The van der Waals surface area contributed by atoms with Gasteiger partial charge in [0.05, 0.1) is 8.95 Å². The first kappa shape index (κ1) is 20.9. The molecule has 0 saturated heterocycles. The van der Waals surface area contributed by atoms with Crippen molar-refractivity contribution in [1.29, 1.82) is 0 Å². The molecule has 3 aromatic rings. The standard InChI is InChI=1S/C21H17Br4NO/c1-13-8-17(23)6-7-20(13)26-11-15-9-18(24)21(19(25)10-15)27-12-14-2-4-16(22)5-3-14/h2-10,26H,11-12H2,1H3. The quantitative estimate of drug-likeness (QED) is 0.301. The largest absolute Gasteiger partial charge is 0.487 e. The topological polar surface area (TPSA) is 21.3 Å². The molecule has 0 bridgehead atoms. The van der Waals surface area contributed by atoms with Crippen LogP contribution in [0.4, 0.5) is 5.69 Å². The fraction of sp³-hybridized carbons (Fsp3) is 0.143. The van der Waals surface area contributed by atoms with Crippen LogP contribution in [0.25, 0.3) is 0 Å². The molecule has 0 aliphatic heterocycles. The molecule has 0 atom stereocenters. The van der Waals surface area contributed by atoms with E-state index in [1.807, 2.05) is 30.3 Å². The summed E-state index contributed by atoms with van der Waals surface area (Å²) in [6.07, 6.45) is 0. The van der Waals surface area contributed by atoms with E-state index in [0.29, 0.717) is 6.61 Å². The van der Waals surface area contributed by atoms with Crippen molar-refractivity contribution < 1.29 is 4.74 Å². The van der Waals surface area contributed by atoms with Gasteiger partial charge >= 0.3 is 0 Å². The lowest BCUT2D eigenvalue weighted by Gasteiger charge is -2.14. The molecule has 0 fully saturated rings. The summed E-state index contributed by atoms with van der Waals surface area (Å²) >= 11 is 14.2. The van der Waals surface area contributed by atoms with Crippen LogP contribution in [0.3, 0.4) is 0 Å². The van der Waals surface area contributed by atoms with Gasteiger partial charge in [-0.25, -0.2) is 0 Å². The third-order valence-corrected chi connectivity index (χ3v) is 6.23. The van der Waals surface area contributed by atoms with E-state index in [-0.39, 0.29) is 0 Å². The Morgan fingerprint density at radius 2 is 1.41 bits per heavy atom. The predicted octanol–water partition coefficient (Wildman–Crippen LogP) is 8.24. The van der Waals surface area contributed by atoms with Gasteiger partial charge in [-0.05, 0) is 97.9 Å². The smallest absolute Gasteiger partial charge is 0.148 e. The SMILES string of the molecule is Cc1cc(Br)ccc1NCc1cc(Br)c(OCc2ccc(Br)cc2)c(Br)c1. The van der Waals surface area contributed by atoms with Crippen LogP contribution >= 0.6 is 63.7 Å². The van der Waals surface area contributed by atoms with Crippen LogP contribution in [0.2, 0.25) is 0 Å². The molecule has 1 N–H and O–H groups in total. The Labute approximate surface area is 193 Å². The van der Waals surface area contributed by atoms with Crippen molar-refractivity contribution in [3.8, 4) is 5.75 Å². The monoisotopic (exact) mass is 615 g/mol. The summed E-state index contributed by atoms with van der Waals surface area (Å²) in [4.78, 5) is 0. The summed E-state index contributed by atoms with van der Waals surface area (Å²) in [5.41, 5.74) is 4.61. The van der Waals surface area contributed by atoms with Crippen molar-refractivity contribution in [1.82, 2.24) is 0 Å². The summed E-state index contributed by atoms with van der Waals surface area (Å²) < 4.78 is 10.0. The van der Waals surface area contributed by atoms with E-state index in [4.69, 9.17) is 4.74 Å². The number of aryl methyl sites for hydroxylation is 1. The van der Waals surface area contributed by atoms with Crippen LogP contribution in [-0.4, -0.2) is 0 Å². The first-order valence-electron chi connectivity index (χ1n) is 8.27. The molecule has 2 nitrogen and oxygen atoms in total. The lowest BCUT2D eigenvalue weighted by molar-refractivity contribution is 0.302. The molecule has 3 rings (SSSR count). The van der Waals surface area contributed by atoms with Gasteiger partial charge in [0.25, 0.3) is 0 Å². The highest BCUT2D eigenvalue weighted by atomic mass is 79.9. The van der Waals surface area contributed by atoms with E-state index in [9.17, 15) is 0 Å². The van der Waals surface area contributed by atoms with Gasteiger partial charge in [0.1, 0.15) is 12.4 Å². The molecule has 0 aromatic heterocycles. The number of halogens is 4. The average molecular weight is 619 g/mol. The number of hydrogen-bond donors (Lipinski definition) is 1. The fourth-order valence-electron chi connectivity index (χ4n) is 2.61. The lowest BCUT2D eigenvalue weighted by atomic mass is 10.1. The van der Waals surface area contributed by atoms with Gasteiger partial charge in [0.2, 0.25) is 0 Å². The highest BCUT2D eigenvalue weighted by Crippen LogP contribution is 2.35. The molecule has 0 spiro atoms. The molecule has 0 unspecified atom stereocenters. The zero-order chi connectivity index (χ0) is 19.4. The first-order valence-corrected chi connectivity index (χ1v) is 11.4. The Balaban J connectivity index is 1.67. The molecule has 0 radical (unpaired) electrons. The first-order chi connectivity index (χ1) is 12.9. The molecule has 6 heteroatoms. The minimum absolute atomic E-state index is 0.514. The molecule has 0 heterocycles. The molecular weight excluding hydrogens is 602 g/mol. The molecule has 27 heavy (non-hydrogen) atoms. The minimum Gasteiger partial charge on any atom is -0.487 e. The van der Waals surface area contributed by atoms with Crippen LogP contribution in [-0.2, 0) is 13.2 Å². The molecular formula is C21H17Br4NO. The maximum Gasteiger partial charge on any atom is 0.148 e. The summed E-state index contributed by atoms with van der Waals surface area (Å²) in [7, 11) is 0. The highest BCUT2D eigenvalue weighted by molar-refractivity contribution is 9.11. The average Bonchev–Trinajstić information content (AvgIpc) is 2.62. The molecule has 0 saturated carbocycles. The number of benzene rings is 3. The van der Waals surface area contributed by atoms with E-state index < -0.39 is 0 Å². The van der Waals surface area contributed by atoms with Gasteiger partial charge in [-0.2, -0.15) is 0 Å². The Bertz CT molecular complexity index is 918. The Morgan fingerprint density at radius 1 is 0.778 bits per heavy atom. The summed E-state index contributed by atoms with van der Waals surface area (Å²) in [5, 5.41) is 3.49. The number of nitrogens with one attached hydrogen (secondary N) is 1. The zero-order valence-corrected chi connectivity index (χ0v) is 20.9. The minimum atomic E-state index is 0.514. The molecule has 3 aromatic carbocycles. The number of rotatable bonds is 6. The second kappa shape index (κ2) is 9.59. The Morgan fingerprint density at radius 3 is 2.04 bits per heavy atom. The number of ether oxygens (including phenoxy) is 1. The van der Waals surface area contributed by atoms with Crippen molar-refractivity contribution in [2.75, 3.05) is 5.32 Å². The van der Waals surface area contributed by atoms with Gasteiger partial charge in [-0.1, -0.05) is 44.0 Å². The lowest BCUT2D eigenvalue weighted by Crippen LogP contribution is -2.02. The van der Waals surface area contributed by atoms with E-state index in [1.54, 1.807) is 0 Å². The van der Waals surface area contributed by atoms with Gasteiger partial charge in [-0.3, -0.25) is 0 Å². The van der Waals surface area contributed by atoms with Crippen molar-refractivity contribution in [2.24, 2.45) is 0 Å². The van der Waals surface area contributed by atoms with Crippen LogP contribution in [0.1, 0.15) is 16.7 Å². The second-order valence-corrected chi connectivity index (χ2v) is 9.66. The molecule has 140 valence electrons. The fourth-order valence-corrected chi connectivity index (χ4v) is 4.86. The number of anilines is 1. The zero-order valence-electron chi connectivity index (χ0n) is 14.5. The van der Waals surface area contributed by atoms with E-state index >= 15 is 0 Å². The van der Waals surface area contributed by atoms with Crippen molar-refractivity contribution in [2.45, 2.75) is 20.1 Å². The predicted molar refractivity (Wildman–Crippen MR) is 127 cm³/mol. The molecule has 0 aliphatic rings. The van der Waals surface area contributed by atoms with Crippen LogP contribution < -0.4 is 10.1 Å². The maximum atomic E-state index is 6.01. The van der Waals surface area contributed by atoms with E-state index in [1.165, 1.54) is 5.56 Å². The van der Waals surface area contributed by atoms with E-state index in [0.717, 1.165) is 47.0 Å². The van der Waals surface area contributed by atoms with Crippen molar-refractivity contribution in [3.05, 3.63) is 89.2 Å². The Kier molecular flexibility index (Phi) is 7.42. The van der Waals surface area contributed by atoms with Gasteiger partial charge < -0.3 is 10.1 Å². The van der Waals surface area contributed by atoms with Crippen LogP contribution in [0.5, 0.6) is 5.75 Å². The van der Waals surface area contributed by atoms with Gasteiger partial charge in [-0.15, -0.1) is 0 Å². The normalized spacial score (nSPS) is 10.7. The third kappa shape index (κ3) is 5.83. The Hall–Kier alpha value is -0.820. The summed E-state index contributed by atoms with van der Waals surface area (Å²) in [5.74, 6) is 0.807. The molecule has 0 aliphatic carbocycles. The number of hydrogen-bond acceptors (Lipinski definition) is 2. The highest BCUT2D eigenvalue weighted by Gasteiger charge is 2.10. The van der Waals surface area contributed by atoms with Crippen molar-refractivity contribution >= 4 is 69.4 Å². The van der Waals surface area contributed by atoms with Gasteiger partial charge in [0, 0.05) is 21.2 Å². The summed E-state index contributed by atoms with van der Waals surface area (Å²) in [6.45, 7) is 3.34. The van der Waals surface area contributed by atoms with Crippen molar-refractivity contribution in [3.63, 3.8) is 0 Å². The third-order valence-electron chi connectivity index (χ3n) is 4.03. The van der Waals surface area contributed by atoms with Crippen LogP contribution in [0, 0.1) is 6.92 Å². The maximum absolute atomic E-state index is 6.01. The van der Waals surface area contributed by atoms with E-state index in [2.05, 4.69) is 100 Å². The summed E-state index contributed by atoms with van der Waals surface area (Å²) in [6, 6.07) is 18.5. The second-order valence-electron chi connectivity index (χ2n) is 6.12. The molecule has 0 amide bonds. The van der Waals surface area contributed by atoms with Crippen LogP contribution in [0.15, 0.2) is 72.5 Å². The van der Waals surface area contributed by atoms with Gasteiger partial charge in [0.15, 0.2) is 0 Å².